The van der Waals surface area contributed by atoms with Gasteiger partial charge in [-0.3, -0.25) is 4.90 Å². The minimum Gasteiger partial charge on any atom is -0.381 e. The lowest BCUT2D eigenvalue weighted by atomic mass is 9.85. The zero-order chi connectivity index (χ0) is 14.7. The molecule has 3 nitrogen and oxygen atoms in total. The van der Waals surface area contributed by atoms with E-state index in [0.29, 0.717) is 12.0 Å². The van der Waals surface area contributed by atoms with Crippen LogP contribution in [0.2, 0.25) is 5.02 Å². The molecule has 0 spiro atoms. The first-order valence-corrected chi connectivity index (χ1v) is 8.90. The summed E-state index contributed by atoms with van der Waals surface area (Å²) < 4.78 is 6.55. The number of hydrogen-bond acceptors (Lipinski definition) is 3. The molecule has 0 bridgehead atoms. The predicted molar refractivity (Wildman–Crippen MR) is 104 cm³/mol. The highest BCUT2D eigenvalue weighted by Crippen LogP contribution is 2.37. The standard InChI is InChI=1S/C16H22BrClN2O.2ClH/c17-14-11-13(1-2-15(14)18)16(12-3-9-21-10-4-12)20-7-5-19-6-8-20;;/h1-2,11-12,16,19H,3-10H2;2*1H/t16-;;/m0../s1. The van der Waals surface area contributed by atoms with Crippen LogP contribution in [0, 0.1) is 5.92 Å². The van der Waals surface area contributed by atoms with Gasteiger partial charge >= 0.3 is 0 Å². The summed E-state index contributed by atoms with van der Waals surface area (Å²) in [5.74, 6) is 0.671. The van der Waals surface area contributed by atoms with Crippen molar-refractivity contribution in [2.75, 3.05) is 39.4 Å². The van der Waals surface area contributed by atoms with E-state index in [1.54, 1.807) is 0 Å². The van der Waals surface area contributed by atoms with E-state index in [2.05, 4.69) is 38.3 Å². The number of nitrogens with zero attached hydrogens (tertiary/aromatic N) is 1. The molecule has 1 atom stereocenters. The van der Waals surface area contributed by atoms with E-state index >= 15 is 0 Å². The molecule has 0 radical (unpaired) electrons. The highest BCUT2D eigenvalue weighted by Gasteiger charge is 2.31. The van der Waals surface area contributed by atoms with Crippen LogP contribution in [0.3, 0.4) is 0 Å². The Labute approximate surface area is 164 Å². The van der Waals surface area contributed by atoms with Crippen LogP contribution in [-0.2, 0) is 4.74 Å². The molecule has 1 aromatic rings. The normalized spacial score (nSPS) is 21.1. The average Bonchev–Trinajstić information content (AvgIpc) is 2.53. The zero-order valence-corrected chi connectivity index (χ0v) is 16.9. The molecule has 0 aliphatic carbocycles. The number of rotatable bonds is 3. The molecule has 3 rings (SSSR count). The quantitative estimate of drug-likeness (QED) is 0.749. The number of ether oxygens (including phenoxy) is 1. The molecule has 2 fully saturated rings. The lowest BCUT2D eigenvalue weighted by Gasteiger charge is -2.41. The summed E-state index contributed by atoms with van der Waals surface area (Å²) >= 11 is 9.74. The molecule has 2 aliphatic rings. The first kappa shape index (κ1) is 21.5. The molecule has 1 N–H and O–H groups in total. The van der Waals surface area contributed by atoms with Gasteiger partial charge in [-0.2, -0.15) is 0 Å². The van der Waals surface area contributed by atoms with Crippen molar-refractivity contribution in [3.63, 3.8) is 0 Å². The van der Waals surface area contributed by atoms with E-state index in [1.807, 2.05) is 6.07 Å². The lowest BCUT2D eigenvalue weighted by molar-refractivity contribution is 0.0213. The Bertz CT molecular complexity index is 462. The third-order valence-electron chi connectivity index (χ3n) is 4.54. The Balaban J connectivity index is 0.00000132. The van der Waals surface area contributed by atoms with Gasteiger partial charge in [-0.1, -0.05) is 17.7 Å². The second kappa shape index (κ2) is 10.4. The molecule has 1 aromatic carbocycles. The second-order valence-electron chi connectivity index (χ2n) is 5.85. The summed E-state index contributed by atoms with van der Waals surface area (Å²) in [7, 11) is 0. The summed E-state index contributed by atoms with van der Waals surface area (Å²) in [5.41, 5.74) is 1.38. The molecule has 2 heterocycles. The molecule has 2 saturated heterocycles. The van der Waals surface area contributed by atoms with Crippen molar-refractivity contribution >= 4 is 52.3 Å². The Morgan fingerprint density at radius 3 is 2.43 bits per heavy atom. The fourth-order valence-electron chi connectivity index (χ4n) is 3.47. The Morgan fingerprint density at radius 2 is 1.83 bits per heavy atom. The molecule has 0 amide bonds. The van der Waals surface area contributed by atoms with E-state index in [4.69, 9.17) is 16.3 Å². The van der Waals surface area contributed by atoms with Gasteiger partial charge in [0.2, 0.25) is 0 Å². The van der Waals surface area contributed by atoms with Crippen molar-refractivity contribution in [3.05, 3.63) is 33.3 Å². The summed E-state index contributed by atoms with van der Waals surface area (Å²) in [4.78, 5) is 2.63. The van der Waals surface area contributed by atoms with Crippen molar-refractivity contribution in [2.45, 2.75) is 18.9 Å². The summed E-state index contributed by atoms with van der Waals surface area (Å²) in [6, 6.07) is 6.87. The van der Waals surface area contributed by atoms with Gasteiger partial charge in [-0.15, -0.1) is 24.8 Å². The van der Waals surface area contributed by atoms with Gasteiger partial charge in [0.05, 0.1) is 5.02 Å². The van der Waals surface area contributed by atoms with Crippen LogP contribution in [0.5, 0.6) is 0 Å². The molecule has 23 heavy (non-hydrogen) atoms. The number of hydrogen-bond donors (Lipinski definition) is 1. The third kappa shape index (κ3) is 5.46. The van der Waals surface area contributed by atoms with Gasteiger partial charge in [0.1, 0.15) is 0 Å². The summed E-state index contributed by atoms with van der Waals surface area (Å²) in [6.07, 6.45) is 2.30. The number of halogens is 4. The Morgan fingerprint density at radius 1 is 1.17 bits per heavy atom. The van der Waals surface area contributed by atoms with Crippen LogP contribution in [0.15, 0.2) is 22.7 Å². The number of piperazine rings is 1. The van der Waals surface area contributed by atoms with Crippen LogP contribution in [0.25, 0.3) is 0 Å². The minimum absolute atomic E-state index is 0. The van der Waals surface area contributed by atoms with Gasteiger partial charge in [-0.25, -0.2) is 0 Å². The highest BCUT2D eigenvalue weighted by atomic mass is 79.9. The van der Waals surface area contributed by atoms with Crippen molar-refractivity contribution < 1.29 is 4.74 Å². The lowest BCUT2D eigenvalue weighted by Crippen LogP contribution is -2.47. The molecule has 132 valence electrons. The van der Waals surface area contributed by atoms with Crippen LogP contribution in [0.1, 0.15) is 24.4 Å². The van der Waals surface area contributed by atoms with Gasteiger partial charge in [-0.05, 0) is 52.4 Å². The minimum atomic E-state index is 0. The number of nitrogens with one attached hydrogen (secondary N) is 1. The highest BCUT2D eigenvalue weighted by molar-refractivity contribution is 9.10. The SMILES string of the molecule is Cl.Cl.Clc1ccc([C@H](C2CCOCC2)N2CCNCC2)cc1Br. The largest absolute Gasteiger partial charge is 0.381 e. The third-order valence-corrected chi connectivity index (χ3v) is 5.76. The average molecular weight is 447 g/mol. The van der Waals surface area contributed by atoms with E-state index < -0.39 is 0 Å². The summed E-state index contributed by atoms with van der Waals surface area (Å²) in [6.45, 7) is 6.16. The first-order valence-electron chi connectivity index (χ1n) is 7.73. The maximum absolute atomic E-state index is 6.17. The maximum Gasteiger partial charge on any atom is 0.0548 e. The molecule has 0 saturated carbocycles. The van der Waals surface area contributed by atoms with Crippen molar-refractivity contribution in [1.82, 2.24) is 10.2 Å². The molecular formula is C16H24BrCl3N2O. The van der Waals surface area contributed by atoms with Crippen molar-refractivity contribution in [3.8, 4) is 0 Å². The molecule has 0 aromatic heterocycles. The van der Waals surface area contributed by atoms with Gasteiger partial charge < -0.3 is 10.1 Å². The first-order chi connectivity index (χ1) is 10.3. The molecule has 0 unspecified atom stereocenters. The molecular weight excluding hydrogens is 422 g/mol. The second-order valence-corrected chi connectivity index (χ2v) is 7.12. The Hall–Kier alpha value is 0.450. The topological polar surface area (TPSA) is 24.5 Å². The van der Waals surface area contributed by atoms with Crippen LogP contribution >= 0.6 is 52.3 Å². The van der Waals surface area contributed by atoms with Crippen LogP contribution < -0.4 is 5.32 Å². The van der Waals surface area contributed by atoms with Gasteiger partial charge in [0, 0.05) is 49.9 Å². The summed E-state index contributed by atoms with van der Waals surface area (Å²) in [5, 5.41) is 4.23. The monoisotopic (exact) mass is 444 g/mol. The van der Waals surface area contributed by atoms with Crippen LogP contribution in [0.4, 0.5) is 0 Å². The van der Waals surface area contributed by atoms with Crippen LogP contribution in [-0.4, -0.2) is 44.3 Å². The smallest absolute Gasteiger partial charge is 0.0548 e. The Kier molecular flexibility index (Phi) is 9.76. The zero-order valence-electron chi connectivity index (χ0n) is 13.0. The van der Waals surface area contributed by atoms with Crippen molar-refractivity contribution in [2.24, 2.45) is 5.92 Å². The number of benzene rings is 1. The molecule has 2 aliphatic heterocycles. The van der Waals surface area contributed by atoms with Gasteiger partial charge in [0.25, 0.3) is 0 Å². The maximum atomic E-state index is 6.17. The molecule has 7 heteroatoms. The fourth-order valence-corrected chi connectivity index (χ4v) is 3.98. The van der Waals surface area contributed by atoms with E-state index in [9.17, 15) is 0 Å². The van der Waals surface area contributed by atoms with Crippen molar-refractivity contribution in [1.29, 1.82) is 0 Å². The fraction of sp³-hybridized carbons (Fsp3) is 0.625. The van der Waals surface area contributed by atoms with E-state index in [-0.39, 0.29) is 24.8 Å². The van der Waals surface area contributed by atoms with E-state index in [0.717, 1.165) is 61.7 Å². The predicted octanol–water partition coefficient (Wildman–Crippen LogP) is 4.32. The van der Waals surface area contributed by atoms with E-state index in [1.165, 1.54) is 5.56 Å². The van der Waals surface area contributed by atoms with Gasteiger partial charge in [0.15, 0.2) is 0 Å².